The van der Waals surface area contributed by atoms with Gasteiger partial charge in [0, 0.05) is 25.2 Å². The molecule has 0 aliphatic rings. The number of primary amides is 1. The zero-order chi connectivity index (χ0) is 17.5. The van der Waals surface area contributed by atoms with E-state index in [0.717, 1.165) is 16.9 Å². The monoisotopic (exact) mass is 328 g/mol. The number of hydrogen-bond acceptors (Lipinski definition) is 4. The molecule has 2 aromatic rings. The first-order chi connectivity index (χ1) is 11.5. The minimum atomic E-state index is -0.527. The zero-order valence-corrected chi connectivity index (χ0v) is 13.7. The maximum Gasteiger partial charge on any atom is 0.255 e. The maximum absolute atomic E-state index is 12.1. The highest BCUT2D eigenvalue weighted by Gasteiger charge is 2.09. The molecule has 2 N–H and O–H groups in total. The summed E-state index contributed by atoms with van der Waals surface area (Å²) in [6.07, 6.45) is 4.84. The highest BCUT2D eigenvalue weighted by molar-refractivity contribution is 5.91. The largest absolute Gasteiger partial charge is 0.484 e. The Morgan fingerprint density at radius 1 is 1.25 bits per heavy atom. The summed E-state index contributed by atoms with van der Waals surface area (Å²) in [5.74, 6) is 0.722. The number of hydrogen-bond donors (Lipinski definition) is 1. The van der Waals surface area contributed by atoms with Crippen LogP contribution in [0.15, 0.2) is 47.1 Å². The van der Waals surface area contributed by atoms with E-state index in [1.54, 1.807) is 48.6 Å². The van der Waals surface area contributed by atoms with Crippen LogP contribution in [0.5, 0.6) is 5.75 Å². The molecule has 0 aliphatic heterocycles. The molecule has 0 radical (unpaired) electrons. The van der Waals surface area contributed by atoms with Crippen LogP contribution < -0.4 is 10.5 Å². The van der Waals surface area contributed by atoms with Crippen molar-refractivity contribution in [2.75, 3.05) is 13.7 Å². The molecule has 2 amide bonds. The number of nitrogens with two attached hydrogens (primary N) is 1. The highest BCUT2D eigenvalue weighted by Crippen LogP contribution is 2.14. The second-order valence-corrected chi connectivity index (χ2v) is 5.35. The first-order valence-corrected chi connectivity index (χ1v) is 7.43. The molecule has 0 saturated carbocycles. The third-order valence-electron chi connectivity index (χ3n) is 3.43. The minimum absolute atomic E-state index is 0.107. The van der Waals surface area contributed by atoms with Gasteiger partial charge >= 0.3 is 0 Å². The standard InChI is InChI=1S/C18H20N2O4/c1-13-15(9-10-23-13)11-20(2)18(22)8-5-14-3-6-16(7-4-14)24-12-17(19)21/h3-10H,11-12H2,1-2H3,(H2,19,21). The highest BCUT2D eigenvalue weighted by atomic mass is 16.5. The maximum atomic E-state index is 12.1. The fourth-order valence-corrected chi connectivity index (χ4v) is 2.03. The number of carbonyl (C=O) groups excluding carboxylic acids is 2. The number of aryl methyl sites for hydroxylation is 1. The van der Waals surface area contributed by atoms with Gasteiger partial charge < -0.3 is 19.8 Å². The molecule has 2 rings (SSSR count). The van der Waals surface area contributed by atoms with Crippen LogP contribution in [0.4, 0.5) is 0 Å². The van der Waals surface area contributed by atoms with E-state index in [9.17, 15) is 9.59 Å². The first-order valence-electron chi connectivity index (χ1n) is 7.43. The summed E-state index contributed by atoms with van der Waals surface area (Å²) in [5.41, 5.74) is 6.85. The summed E-state index contributed by atoms with van der Waals surface area (Å²) in [7, 11) is 1.74. The van der Waals surface area contributed by atoms with E-state index in [4.69, 9.17) is 14.9 Å². The molecule has 0 aliphatic carbocycles. The van der Waals surface area contributed by atoms with E-state index >= 15 is 0 Å². The molecule has 1 aromatic heterocycles. The molecule has 6 nitrogen and oxygen atoms in total. The SMILES string of the molecule is Cc1occc1CN(C)C(=O)C=Cc1ccc(OCC(N)=O)cc1. The van der Waals surface area contributed by atoms with E-state index < -0.39 is 5.91 Å². The molecule has 0 unspecified atom stereocenters. The second-order valence-electron chi connectivity index (χ2n) is 5.35. The Hall–Kier alpha value is -3.02. The lowest BCUT2D eigenvalue weighted by Crippen LogP contribution is -2.24. The summed E-state index contributed by atoms with van der Waals surface area (Å²) in [4.78, 5) is 24.4. The van der Waals surface area contributed by atoms with Crippen LogP contribution in [0, 0.1) is 6.92 Å². The number of rotatable bonds is 7. The Kier molecular flexibility index (Phi) is 5.78. The number of furan rings is 1. The van der Waals surface area contributed by atoms with Crippen LogP contribution >= 0.6 is 0 Å². The quantitative estimate of drug-likeness (QED) is 0.789. The Bertz CT molecular complexity index is 732. The number of benzene rings is 1. The Balaban J connectivity index is 1.90. The van der Waals surface area contributed by atoms with Crippen LogP contribution in [-0.4, -0.2) is 30.4 Å². The van der Waals surface area contributed by atoms with Gasteiger partial charge in [0.05, 0.1) is 6.26 Å². The van der Waals surface area contributed by atoms with Gasteiger partial charge in [-0.2, -0.15) is 0 Å². The summed E-state index contributed by atoms with van der Waals surface area (Å²) in [5, 5.41) is 0. The van der Waals surface area contributed by atoms with Gasteiger partial charge in [-0.3, -0.25) is 9.59 Å². The molecule has 6 heteroatoms. The zero-order valence-electron chi connectivity index (χ0n) is 13.7. The van der Waals surface area contributed by atoms with Crippen LogP contribution in [0.25, 0.3) is 6.08 Å². The Morgan fingerprint density at radius 2 is 1.96 bits per heavy atom. The van der Waals surface area contributed by atoms with Crippen molar-refractivity contribution in [3.8, 4) is 5.75 Å². The van der Waals surface area contributed by atoms with Gasteiger partial charge in [0.15, 0.2) is 6.61 Å². The van der Waals surface area contributed by atoms with Crippen molar-refractivity contribution < 1.29 is 18.7 Å². The van der Waals surface area contributed by atoms with Crippen molar-refractivity contribution >= 4 is 17.9 Å². The minimum Gasteiger partial charge on any atom is -0.484 e. The van der Waals surface area contributed by atoms with Gasteiger partial charge in [-0.05, 0) is 36.8 Å². The lowest BCUT2D eigenvalue weighted by Gasteiger charge is -2.14. The Labute approximate surface area is 140 Å². The number of likely N-dealkylation sites (N-methyl/N-ethyl adjacent to an activating group) is 1. The van der Waals surface area contributed by atoms with E-state index in [0.29, 0.717) is 12.3 Å². The van der Waals surface area contributed by atoms with Gasteiger partial charge in [0.1, 0.15) is 11.5 Å². The first kappa shape index (κ1) is 17.3. The van der Waals surface area contributed by atoms with Crippen molar-refractivity contribution in [3.63, 3.8) is 0 Å². The molecule has 0 bridgehead atoms. The predicted molar refractivity (Wildman–Crippen MR) is 90.1 cm³/mol. The molecule has 0 spiro atoms. The Morgan fingerprint density at radius 3 is 2.54 bits per heavy atom. The molecule has 0 fully saturated rings. The fraction of sp³-hybridized carbons (Fsp3) is 0.222. The normalized spacial score (nSPS) is 10.8. The van der Waals surface area contributed by atoms with Crippen LogP contribution in [0.2, 0.25) is 0 Å². The molecule has 24 heavy (non-hydrogen) atoms. The van der Waals surface area contributed by atoms with Crippen LogP contribution in [0.3, 0.4) is 0 Å². The molecular formula is C18H20N2O4. The summed E-state index contributed by atoms with van der Waals surface area (Å²) >= 11 is 0. The van der Waals surface area contributed by atoms with E-state index in [1.807, 2.05) is 13.0 Å². The van der Waals surface area contributed by atoms with E-state index in [2.05, 4.69) is 0 Å². The van der Waals surface area contributed by atoms with E-state index in [-0.39, 0.29) is 12.5 Å². The van der Waals surface area contributed by atoms with Gasteiger partial charge in [-0.15, -0.1) is 0 Å². The lowest BCUT2D eigenvalue weighted by molar-refractivity contribution is -0.125. The summed E-state index contributed by atoms with van der Waals surface area (Å²) < 4.78 is 10.4. The smallest absolute Gasteiger partial charge is 0.255 e. The van der Waals surface area contributed by atoms with Gasteiger partial charge in [0.2, 0.25) is 5.91 Å². The van der Waals surface area contributed by atoms with Crippen molar-refractivity contribution in [2.24, 2.45) is 5.73 Å². The average Bonchev–Trinajstić information content (AvgIpc) is 2.96. The average molecular weight is 328 g/mol. The fourth-order valence-electron chi connectivity index (χ4n) is 2.03. The molecule has 0 atom stereocenters. The van der Waals surface area contributed by atoms with Gasteiger partial charge in [-0.25, -0.2) is 0 Å². The number of nitrogens with zero attached hydrogens (tertiary/aromatic N) is 1. The third-order valence-corrected chi connectivity index (χ3v) is 3.43. The van der Waals surface area contributed by atoms with Gasteiger partial charge in [0.25, 0.3) is 5.91 Å². The lowest BCUT2D eigenvalue weighted by atomic mass is 10.2. The molecule has 0 saturated heterocycles. The van der Waals surface area contributed by atoms with Crippen molar-refractivity contribution in [1.82, 2.24) is 4.90 Å². The topological polar surface area (TPSA) is 85.8 Å². The number of amides is 2. The number of ether oxygens (including phenoxy) is 1. The van der Waals surface area contributed by atoms with Crippen LogP contribution in [-0.2, 0) is 16.1 Å². The summed E-state index contributed by atoms with van der Waals surface area (Å²) in [6.45, 7) is 2.20. The molecule has 1 aromatic carbocycles. The van der Waals surface area contributed by atoms with Crippen LogP contribution in [0.1, 0.15) is 16.9 Å². The van der Waals surface area contributed by atoms with Crippen molar-refractivity contribution in [1.29, 1.82) is 0 Å². The molecular weight excluding hydrogens is 308 g/mol. The van der Waals surface area contributed by atoms with Crippen molar-refractivity contribution in [2.45, 2.75) is 13.5 Å². The molecule has 1 heterocycles. The summed E-state index contributed by atoms with van der Waals surface area (Å²) in [6, 6.07) is 8.87. The molecule has 126 valence electrons. The predicted octanol–water partition coefficient (Wildman–Crippen LogP) is 2.12. The third kappa shape index (κ3) is 5.01. The van der Waals surface area contributed by atoms with E-state index in [1.165, 1.54) is 6.08 Å². The second kappa shape index (κ2) is 8.01. The van der Waals surface area contributed by atoms with Gasteiger partial charge in [-0.1, -0.05) is 12.1 Å². The number of carbonyl (C=O) groups is 2. The van der Waals surface area contributed by atoms with Crippen molar-refractivity contribution in [3.05, 3.63) is 59.6 Å².